The van der Waals surface area contributed by atoms with Gasteiger partial charge in [-0.1, -0.05) is 0 Å². The van der Waals surface area contributed by atoms with Crippen LogP contribution >= 0.6 is 0 Å². The zero-order valence-electron chi connectivity index (χ0n) is 10.9. The van der Waals surface area contributed by atoms with E-state index in [0.29, 0.717) is 30.1 Å². The lowest BCUT2D eigenvalue weighted by Gasteiger charge is -2.17. The van der Waals surface area contributed by atoms with Crippen molar-refractivity contribution in [3.05, 3.63) is 35.9 Å². The predicted octanol–water partition coefficient (Wildman–Crippen LogP) is 1.20. The Morgan fingerprint density at radius 3 is 3.10 bits per heavy atom. The Morgan fingerprint density at radius 1 is 1.19 bits per heavy atom. The first kappa shape index (κ1) is 11.8. The minimum atomic E-state index is 0.0435. The van der Waals surface area contributed by atoms with E-state index in [1.807, 2.05) is 12.1 Å². The van der Waals surface area contributed by atoms with Crippen LogP contribution in [0.2, 0.25) is 0 Å². The van der Waals surface area contributed by atoms with E-state index in [-0.39, 0.29) is 5.91 Å². The van der Waals surface area contributed by atoms with Gasteiger partial charge in [0.2, 0.25) is 11.8 Å². The molecule has 4 rings (SSSR count). The van der Waals surface area contributed by atoms with E-state index in [9.17, 15) is 4.79 Å². The first-order valence-corrected chi connectivity index (χ1v) is 6.44. The number of aromatic nitrogens is 5. The molecule has 0 atom stereocenters. The molecular weight excluding hydrogens is 272 g/mol. The van der Waals surface area contributed by atoms with Gasteiger partial charge in [0, 0.05) is 18.2 Å². The van der Waals surface area contributed by atoms with Gasteiger partial charge in [0.15, 0.2) is 5.65 Å². The number of nitrogens with zero attached hydrogens (tertiary/aromatic N) is 5. The number of amides is 1. The summed E-state index contributed by atoms with van der Waals surface area (Å²) in [7, 11) is 0. The van der Waals surface area contributed by atoms with Crippen molar-refractivity contribution in [3.8, 4) is 11.6 Å². The fraction of sp³-hybridized carbons (Fsp3) is 0.154. The zero-order valence-corrected chi connectivity index (χ0v) is 10.9. The largest absolute Gasteiger partial charge is 0.438 e. The van der Waals surface area contributed by atoms with Gasteiger partial charge in [0.05, 0.1) is 0 Å². The van der Waals surface area contributed by atoms with Crippen LogP contribution in [0.5, 0.6) is 11.6 Å². The van der Waals surface area contributed by atoms with Crippen LogP contribution < -0.4 is 10.1 Å². The lowest BCUT2D eigenvalue weighted by Crippen LogP contribution is -2.18. The lowest BCUT2D eigenvalue weighted by molar-refractivity contribution is -0.116. The highest BCUT2D eigenvalue weighted by Gasteiger charge is 2.15. The Bertz CT molecular complexity index is 844. The number of aryl methyl sites for hydroxylation is 1. The van der Waals surface area contributed by atoms with Crippen LogP contribution in [0.3, 0.4) is 0 Å². The van der Waals surface area contributed by atoms with Crippen molar-refractivity contribution in [1.82, 2.24) is 25.3 Å². The minimum absolute atomic E-state index is 0.0435. The van der Waals surface area contributed by atoms with Gasteiger partial charge in [-0.25, -0.2) is 0 Å². The van der Waals surface area contributed by atoms with Crippen LogP contribution in [-0.2, 0) is 11.2 Å². The third-order valence-corrected chi connectivity index (χ3v) is 3.24. The second kappa shape index (κ2) is 4.51. The highest BCUT2D eigenvalue weighted by atomic mass is 16.5. The van der Waals surface area contributed by atoms with Crippen molar-refractivity contribution in [2.75, 3.05) is 5.32 Å². The topological polar surface area (TPSA) is 94.3 Å². The van der Waals surface area contributed by atoms with Gasteiger partial charge >= 0.3 is 0 Å². The fourth-order valence-corrected chi connectivity index (χ4v) is 2.23. The summed E-state index contributed by atoms with van der Waals surface area (Å²) in [6.07, 6.45) is 1.20. The number of carbonyl (C=O) groups is 1. The first-order chi connectivity index (χ1) is 10.3. The molecule has 1 N–H and O–H groups in total. The van der Waals surface area contributed by atoms with Crippen LogP contribution in [0.25, 0.3) is 5.65 Å². The third-order valence-electron chi connectivity index (χ3n) is 3.24. The van der Waals surface area contributed by atoms with Crippen LogP contribution in [-0.4, -0.2) is 31.2 Å². The highest BCUT2D eigenvalue weighted by molar-refractivity contribution is 5.94. The quantitative estimate of drug-likeness (QED) is 0.758. The molecule has 1 amide bonds. The fourth-order valence-electron chi connectivity index (χ4n) is 2.23. The Labute approximate surface area is 118 Å². The SMILES string of the molecule is O=C1CCc2cc(Oc3ccc4nnnn4n3)ccc2N1. The first-order valence-electron chi connectivity index (χ1n) is 6.44. The maximum absolute atomic E-state index is 11.3. The molecule has 8 nitrogen and oxygen atoms in total. The van der Waals surface area contributed by atoms with Gasteiger partial charge in [-0.3, -0.25) is 4.79 Å². The van der Waals surface area contributed by atoms with E-state index in [2.05, 4.69) is 25.9 Å². The van der Waals surface area contributed by atoms with Crippen LogP contribution in [0.4, 0.5) is 5.69 Å². The second-order valence-electron chi connectivity index (χ2n) is 4.67. The number of fused-ring (bicyclic) bond motifs is 2. The number of hydrogen-bond acceptors (Lipinski definition) is 6. The molecule has 0 bridgehead atoms. The Morgan fingerprint density at radius 2 is 2.14 bits per heavy atom. The zero-order chi connectivity index (χ0) is 14.2. The average Bonchev–Trinajstić information content (AvgIpc) is 2.95. The van der Waals surface area contributed by atoms with Crippen LogP contribution in [0, 0.1) is 0 Å². The van der Waals surface area contributed by atoms with Crippen molar-refractivity contribution in [2.45, 2.75) is 12.8 Å². The summed E-state index contributed by atoms with van der Waals surface area (Å²) in [4.78, 5) is 11.3. The van der Waals surface area contributed by atoms with Gasteiger partial charge < -0.3 is 10.1 Å². The summed E-state index contributed by atoms with van der Waals surface area (Å²) in [5.74, 6) is 1.10. The molecule has 1 aliphatic rings. The molecule has 104 valence electrons. The monoisotopic (exact) mass is 282 g/mol. The molecule has 1 aromatic carbocycles. The maximum atomic E-state index is 11.3. The molecule has 2 aromatic heterocycles. The summed E-state index contributed by atoms with van der Waals surface area (Å²) in [6, 6.07) is 8.95. The molecule has 0 spiro atoms. The van der Waals surface area contributed by atoms with Gasteiger partial charge in [-0.15, -0.1) is 14.8 Å². The van der Waals surface area contributed by atoms with Gasteiger partial charge in [0.1, 0.15) is 5.75 Å². The van der Waals surface area contributed by atoms with Crippen LogP contribution in [0.1, 0.15) is 12.0 Å². The Hall–Kier alpha value is -3.03. The van der Waals surface area contributed by atoms with E-state index in [0.717, 1.165) is 11.3 Å². The minimum Gasteiger partial charge on any atom is -0.438 e. The molecule has 21 heavy (non-hydrogen) atoms. The molecule has 0 aliphatic carbocycles. The Kier molecular flexibility index (Phi) is 2.53. The summed E-state index contributed by atoms with van der Waals surface area (Å²) in [5, 5.41) is 18.0. The molecule has 0 saturated heterocycles. The highest BCUT2D eigenvalue weighted by Crippen LogP contribution is 2.28. The molecule has 3 heterocycles. The van der Waals surface area contributed by atoms with E-state index < -0.39 is 0 Å². The molecule has 0 unspecified atom stereocenters. The molecule has 1 aliphatic heterocycles. The van der Waals surface area contributed by atoms with Crippen molar-refractivity contribution in [1.29, 1.82) is 0 Å². The summed E-state index contributed by atoms with van der Waals surface area (Å²) < 4.78 is 7.01. The van der Waals surface area contributed by atoms with Crippen molar-refractivity contribution < 1.29 is 9.53 Å². The van der Waals surface area contributed by atoms with Crippen molar-refractivity contribution in [2.24, 2.45) is 0 Å². The molecule has 3 aromatic rings. The van der Waals surface area contributed by atoms with Gasteiger partial charge in [-0.2, -0.15) is 0 Å². The molecule has 0 saturated carbocycles. The molecule has 0 radical (unpaired) electrons. The summed E-state index contributed by atoms with van der Waals surface area (Å²) in [6.45, 7) is 0. The Balaban J connectivity index is 1.63. The van der Waals surface area contributed by atoms with E-state index in [1.54, 1.807) is 18.2 Å². The van der Waals surface area contributed by atoms with E-state index in [4.69, 9.17) is 4.74 Å². The number of ether oxygens (including phenoxy) is 1. The number of benzene rings is 1. The van der Waals surface area contributed by atoms with Crippen LogP contribution in [0.15, 0.2) is 30.3 Å². The van der Waals surface area contributed by atoms with E-state index in [1.165, 1.54) is 4.63 Å². The summed E-state index contributed by atoms with van der Waals surface area (Å²) in [5.41, 5.74) is 2.44. The number of rotatable bonds is 2. The van der Waals surface area contributed by atoms with Gasteiger partial charge in [-0.05, 0) is 46.7 Å². The number of nitrogens with one attached hydrogen (secondary N) is 1. The number of anilines is 1. The van der Waals surface area contributed by atoms with Crippen molar-refractivity contribution >= 4 is 17.2 Å². The lowest BCUT2D eigenvalue weighted by atomic mass is 10.0. The second-order valence-corrected chi connectivity index (χ2v) is 4.67. The van der Waals surface area contributed by atoms with Gasteiger partial charge in [0.25, 0.3) is 0 Å². The smallest absolute Gasteiger partial charge is 0.239 e. The van der Waals surface area contributed by atoms with E-state index >= 15 is 0 Å². The molecule has 8 heteroatoms. The number of carbonyl (C=O) groups excluding carboxylic acids is 1. The van der Waals surface area contributed by atoms with Crippen molar-refractivity contribution in [3.63, 3.8) is 0 Å². The summed E-state index contributed by atoms with van der Waals surface area (Å²) >= 11 is 0. The predicted molar refractivity (Wildman–Crippen MR) is 72.0 cm³/mol. The molecular formula is C13H10N6O2. The number of hydrogen-bond donors (Lipinski definition) is 1. The number of tetrazole rings is 1. The molecule has 0 fully saturated rings. The maximum Gasteiger partial charge on any atom is 0.239 e. The average molecular weight is 282 g/mol. The normalized spacial score (nSPS) is 13.8. The third kappa shape index (κ3) is 2.16. The standard InChI is InChI=1S/C13H10N6O2/c20-12-5-1-8-7-9(2-3-10(8)14-12)21-13-6-4-11-15-17-18-19(11)16-13/h2-4,6-7H,1,5H2,(H,14,20).